The van der Waals surface area contributed by atoms with Gasteiger partial charge in [0.15, 0.2) is 0 Å². The van der Waals surface area contributed by atoms with Crippen LogP contribution in [0.4, 0.5) is 13.2 Å². The highest BCUT2D eigenvalue weighted by molar-refractivity contribution is 5.78. The molecule has 3 rings (SSSR count). The summed E-state index contributed by atoms with van der Waals surface area (Å²) < 4.78 is 44.1. The molecule has 29 heavy (non-hydrogen) atoms. The number of piperidine rings is 1. The number of likely N-dealkylation sites (tertiary alicyclic amines) is 1. The van der Waals surface area contributed by atoms with Gasteiger partial charge in [0, 0.05) is 12.6 Å². The number of hydrogen-bond acceptors (Lipinski definition) is 4. The van der Waals surface area contributed by atoms with Crippen LogP contribution in [0, 0.1) is 0 Å². The van der Waals surface area contributed by atoms with Crippen molar-refractivity contribution in [1.29, 1.82) is 0 Å². The number of hydrogen-bond donors (Lipinski definition) is 2. The van der Waals surface area contributed by atoms with Crippen LogP contribution in [0.3, 0.4) is 0 Å². The van der Waals surface area contributed by atoms with Crippen LogP contribution in [-0.4, -0.2) is 55.2 Å². The van der Waals surface area contributed by atoms with Gasteiger partial charge >= 0.3 is 6.18 Å². The molecule has 2 fully saturated rings. The molecule has 1 saturated heterocycles. The molecule has 3 N–H and O–H groups in total. The summed E-state index contributed by atoms with van der Waals surface area (Å²) in [6.45, 7) is 4.10. The topological polar surface area (TPSA) is 67.6 Å². The zero-order chi connectivity index (χ0) is 21.0. The first kappa shape index (κ1) is 22.1. The van der Waals surface area contributed by atoms with Crippen molar-refractivity contribution in [3.8, 4) is 0 Å². The number of alkyl halides is 3. The van der Waals surface area contributed by atoms with E-state index in [4.69, 9.17) is 10.5 Å². The standard InChI is InChI=1S/C21H30F3N3O2/c1-2-26-12-20(28)27-9-3-4-18(25)19(27)13-29-17-10-15(11-17)14-5-7-16(8-6-14)21(22,23)24/h5-8,15,17-19,26H,2-4,9-13,25H2,1H3. The van der Waals surface area contributed by atoms with E-state index in [0.29, 0.717) is 19.7 Å². The molecule has 1 aliphatic heterocycles. The number of nitrogens with zero attached hydrogens (tertiary/aromatic N) is 1. The molecule has 2 atom stereocenters. The van der Waals surface area contributed by atoms with Crippen molar-refractivity contribution in [2.24, 2.45) is 5.73 Å². The van der Waals surface area contributed by atoms with Gasteiger partial charge in [0.25, 0.3) is 0 Å². The molecule has 8 heteroatoms. The molecular formula is C21H30F3N3O2. The molecule has 1 saturated carbocycles. The second-order valence-corrected chi connectivity index (χ2v) is 7.98. The van der Waals surface area contributed by atoms with Crippen molar-refractivity contribution in [2.45, 2.75) is 62.9 Å². The van der Waals surface area contributed by atoms with E-state index in [1.54, 1.807) is 12.1 Å². The van der Waals surface area contributed by atoms with Crippen LogP contribution in [0.25, 0.3) is 0 Å². The fourth-order valence-electron chi connectivity index (χ4n) is 4.10. The SMILES string of the molecule is CCNCC(=O)N1CCCC(N)C1COC1CC(c2ccc(C(F)(F)F)cc2)C1. The van der Waals surface area contributed by atoms with Gasteiger partial charge in [-0.15, -0.1) is 0 Å². The van der Waals surface area contributed by atoms with Crippen LogP contribution in [0.5, 0.6) is 0 Å². The third-order valence-electron chi connectivity index (χ3n) is 5.98. The number of likely N-dealkylation sites (N-methyl/N-ethyl adjacent to an activating group) is 1. The highest BCUT2D eigenvalue weighted by Gasteiger charge is 2.36. The Morgan fingerprint density at radius 3 is 2.59 bits per heavy atom. The number of carbonyl (C=O) groups excluding carboxylic acids is 1. The predicted molar refractivity (Wildman–Crippen MR) is 104 cm³/mol. The maximum absolute atomic E-state index is 12.7. The fourth-order valence-corrected chi connectivity index (χ4v) is 4.10. The third kappa shape index (κ3) is 5.49. The molecule has 2 aliphatic rings. The maximum Gasteiger partial charge on any atom is 0.416 e. The lowest BCUT2D eigenvalue weighted by Crippen LogP contribution is -2.58. The van der Waals surface area contributed by atoms with Crippen molar-refractivity contribution >= 4 is 5.91 Å². The molecule has 1 aliphatic carbocycles. The Hall–Kier alpha value is -1.64. The molecule has 0 aromatic heterocycles. The Kier molecular flexibility index (Phi) is 7.19. The highest BCUT2D eigenvalue weighted by atomic mass is 19.4. The predicted octanol–water partition coefficient (Wildman–Crippen LogP) is 2.90. The largest absolute Gasteiger partial charge is 0.416 e. The summed E-state index contributed by atoms with van der Waals surface area (Å²) in [4.78, 5) is 14.3. The van der Waals surface area contributed by atoms with Gasteiger partial charge in [-0.05, 0) is 55.8 Å². The van der Waals surface area contributed by atoms with E-state index in [-0.39, 0.29) is 30.0 Å². The Morgan fingerprint density at radius 2 is 1.97 bits per heavy atom. The Balaban J connectivity index is 1.48. The number of amides is 1. The Labute approximate surface area is 169 Å². The molecule has 5 nitrogen and oxygen atoms in total. The van der Waals surface area contributed by atoms with E-state index in [1.807, 2.05) is 11.8 Å². The van der Waals surface area contributed by atoms with E-state index >= 15 is 0 Å². The van der Waals surface area contributed by atoms with Crippen LogP contribution >= 0.6 is 0 Å². The van der Waals surface area contributed by atoms with Gasteiger partial charge in [0.2, 0.25) is 5.91 Å². The van der Waals surface area contributed by atoms with Gasteiger partial charge in [-0.3, -0.25) is 4.79 Å². The van der Waals surface area contributed by atoms with E-state index in [0.717, 1.165) is 49.9 Å². The van der Waals surface area contributed by atoms with Crippen molar-refractivity contribution in [3.05, 3.63) is 35.4 Å². The molecular weight excluding hydrogens is 383 g/mol. The van der Waals surface area contributed by atoms with E-state index in [9.17, 15) is 18.0 Å². The normalized spacial score (nSPS) is 27.6. The van der Waals surface area contributed by atoms with Crippen LogP contribution in [-0.2, 0) is 15.7 Å². The molecule has 2 unspecified atom stereocenters. The smallest absolute Gasteiger partial charge is 0.376 e. The van der Waals surface area contributed by atoms with Gasteiger partial charge in [-0.1, -0.05) is 19.1 Å². The van der Waals surface area contributed by atoms with E-state index in [2.05, 4.69) is 5.32 Å². The first-order valence-corrected chi connectivity index (χ1v) is 10.3. The van der Waals surface area contributed by atoms with Crippen LogP contribution in [0.1, 0.15) is 49.7 Å². The van der Waals surface area contributed by atoms with Crippen LogP contribution in [0.15, 0.2) is 24.3 Å². The summed E-state index contributed by atoms with van der Waals surface area (Å²) in [5.41, 5.74) is 6.55. The molecule has 1 aromatic carbocycles. The zero-order valence-corrected chi connectivity index (χ0v) is 16.8. The number of nitrogens with one attached hydrogen (secondary N) is 1. The fraction of sp³-hybridized carbons (Fsp3) is 0.667. The minimum atomic E-state index is -4.31. The zero-order valence-electron chi connectivity index (χ0n) is 16.8. The first-order chi connectivity index (χ1) is 13.8. The summed E-state index contributed by atoms with van der Waals surface area (Å²) in [5, 5.41) is 3.06. The molecule has 1 amide bonds. The minimum absolute atomic E-state index is 0.0480. The van der Waals surface area contributed by atoms with Crippen molar-refractivity contribution < 1.29 is 22.7 Å². The monoisotopic (exact) mass is 413 g/mol. The van der Waals surface area contributed by atoms with Crippen LogP contribution < -0.4 is 11.1 Å². The third-order valence-corrected chi connectivity index (χ3v) is 5.98. The van der Waals surface area contributed by atoms with Gasteiger partial charge in [0.05, 0.1) is 30.9 Å². The number of benzene rings is 1. The minimum Gasteiger partial charge on any atom is -0.376 e. The van der Waals surface area contributed by atoms with Gasteiger partial charge in [-0.25, -0.2) is 0 Å². The van der Waals surface area contributed by atoms with Crippen molar-refractivity contribution in [1.82, 2.24) is 10.2 Å². The van der Waals surface area contributed by atoms with Gasteiger partial charge < -0.3 is 20.7 Å². The number of ether oxygens (including phenoxy) is 1. The van der Waals surface area contributed by atoms with Crippen molar-refractivity contribution in [2.75, 3.05) is 26.2 Å². The van der Waals surface area contributed by atoms with Gasteiger partial charge in [0.1, 0.15) is 0 Å². The first-order valence-electron chi connectivity index (χ1n) is 10.3. The lowest BCUT2D eigenvalue weighted by atomic mass is 9.77. The number of carbonyl (C=O) groups is 1. The summed E-state index contributed by atoms with van der Waals surface area (Å²) in [6, 6.07) is 5.17. The molecule has 1 aromatic rings. The van der Waals surface area contributed by atoms with E-state index < -0.39 is 11.7 Å². The molecule has 0 bridgehead atoms. The quantitative estimate of drug-likeness (QED) is 0.721. The van der Waals surface area contributed by atoms with Gasteiger partial charge in [-0.2, -0.15) is 13.2 Å². The number of halogens is 3. The lowest BCUT2D eigenvalue weighted by molar-refractivity contribution is -0.138. The number of rotatable bonds is 7. The van der Waals surface area contributed by atoms with Crippen LogP contribution in [0.2, 0.25) is 0 Å². The second-order valence-electron chi connectivity index (χ2n) is 7.98. The summed E-state index contributed by atoms with van der Waals surface area (Å²) in [5.74, 6) is 0.264. The molecule has 0 radical (unpaired) electrons. The maximum atomic E-state index is 12.7. The average molecular weight is 413 g/mol. The molecule has 0 spiro atoms. The van der Waals surface area contributed by atoms with E-state index in [1.165, 1.54) is 0 Å². The number of nitrogens with two attached hydrogens (primary N) is 1. The summed E-state index contributed by atoms with van der Waals surface area (Å²) in [6.07, 6.45) is -0.926. The summed E-state index contributed by atoms with van der Waals surface area (Å²) >= 11 is 0. The second kappa shape index (κ2) is 9.45. The summed E-state index contributed by atoms with van der Waals surface area (Å²) in [7, 11) is 0. The highest BCUT2D eigenvalue weighted by Crippen LogP contribution is 2.40. The lowest BCUT2D eigenvalue weighted by Gasteiger charge is -2.42. The molecule has 1 heterocycles. The van der Waals surface area contributed by atoms with Crippen molar-refractivity contribution in [3.63, 3.8) is 0 Å². The Morgan fingerprint density at radius 1 is 1.28 bits per heavy atom. The average Bonchev–Trinajstić information content (AvgIpc) is 2.65. The molecule has 162 valence electrons. The Bertz CT molecular complexity index is 675.